The molecule has 3 rings (SSSR count). The fourth-order valence-corrected chi connectivity index (χ4v) is 4.04. The topological polar surface area (TPSA) is 86.8 Å². The number of carbonyl (C=O) groups is 1. The molecule has 6 nitrogen and oxygen atoms in total. The van der Waals surface area contributed by atoms with Crippen LogP contribution >= 0.6 is 0 Å². The van der Waals surface area contributed by atoms with Crippen molar-refractivity contribution in [2.45, 2.75) is 70.9 Å². The number of hydrazone groups is 1. The Morgan fingerprint density at radius 3 is 2.59 bits per heavy atom. The molecule has 0 spiro atoms. The van der Waals surface area contributed by atoms with Gasteiger partial charge >= 0.3 is 0 Å². The van der Waals surface area contributed by atoms with E-state index < -0.39 is 0 Å². The molecular weight excluding hydrogens is 278 g/mol. The Morgan fingerprint density at radius 1 is 1.23 bits per heavy atom. The molecule has 1 amide bonds. The second kappa shape index (κ2) is 5.19. The molecule has 1 aromatic rings. The Balaban J connectivity index is 1.72. The summed E-state index contributed by atoms with van der Waals surface area (Å²) in [6.45, 7) is 8.86. The Hall–Kier alpha value is -1.69. The molecule has 1 aliphatic heterocycles. The van der Waals surface area contributed by atoms with Crippen molar-refractivity contribution in [3.63, 3.8) is 0 Å². The predicted molar refractivity (Wildman–Crippen MR) is 84.8 cm³/mol. The number of hydrogen-bond acceptors (Lipinski definition) is 3. The summed E-state index contributed by atoms with van der Waals surface area (Å²) in [4.78, 5) is 12.3. The lowest BCUT2D eigenvalue weighted by molar-refractivity contribution is -0.780. The van der Waals surface area contributed by atoms with Gasteiger partial charge in [0, 0.05) is 24.1 Å². The maximum atomic E-state index is 12.3. The third-order valence-electron chi connectivity index (χ3n) is 4.44. The van der Waals surface area contributed by atoms with Gasteiger partial charge in [-0.3, -0.25) is 9.89 Å². The van der Waals surface area contributed by atoms with Crippen LogP contribution in [-0.2, 0) is 12.8 Å². The highest BCUT2D eigenvalue weighted by Crippen LogP contribution is 2.23. The van der Waals surface area contributed by atoms with Gasteiger partial charge in [-0.2, -0.15) is 10.2 Å². The summed E-state index contributed by atoms with van der Waals surface area (Å²) >= 11 is 0. The molecule has 2 aliphatic rings. The highest BCUT2D eigenvalue weighted by atomic mass is 16.2. The first kappa shape index (κ1) is 15.2. The Labute approximate surface area is 131 Å². The van der Waals surface area contributed by atoms with E-state index in [4.69, 9.17) is 0 Å². The monoisotopic (exact) mass is 304 g/mol. The summed E-state index contributed by atoms with van der Waals surface area (Å²) in [5.74, 6) is -0.197. The highest BCUT2D eigenvalue weighted by molar-refractivity contribution is 5.95. The molecule has 2 heterocycles. The van der Waals surface area contributed by atoms with Crippen LogP contribution < -0.4 is 10.7 Å². The van der Waals surface area contributed by atoms with Crippen molar-refractivity contribution in [3.8, 4) is 0 Å². The number of hydrogen-bond donors (Lipinski definition) is 3. The number of quaternary nitrogens is 1. The van der Waals surface area contributed by atoms with Crippen molar-refractivity contribution in [2.24, 2.45) is 5.10 Å². The Morgan fingerprint density at radius 2 is 1.91 bits per heavy atom. The normalized spacial score (nSPS) is 22.3. The molecule has 1 aromatic heterocycles. The van der Waals surface area contributed by atoms with Gasteiger partial charge in [-0.05, 0) is 47.0 Å². The van der Waals surface area contributed by atoms with Gasteiger partial charge in [0.25, 0.3) is 5.91 Å². The minimum atomic E-state index is -0.197. The lowest BCUT2D eigenvalue weighted by Gasteiger charge is -2.39. The van der Waals surface area contributed by atoms with Gasteiger partial charge in [0.05, 0.1) is 16.8 Å². The third-order valence-corrected chi connectivity index (χ3v) is 4.44. The number of aryl methyl sites for hydroxylation is 1. The summed E-state index contributed by atoms with van der Waals surface area (Å²) in [6.07, 6.45) is 4.78. The van der Waals surface area contributed by atoms with Crippen molar-refractivity contribution in [2.75, 3.05) is 0 Å². The van der Waals surface area contributed by atoms with Crippen LogP contribution in [0.5, 0.6) is 0 Å². The van der Waals surface area contributed by atoms with Crippen molar-refractivity contribution in [3.05, 3.63) is 17.0 Å². The summed E-state index contributed by atoms with van der Waals surface area (Å²) in [5.41, 5.74) is 6.67. The number of carbonyl (C=O) groups excluding carboxylic acids is 1. The van der Waals surface area contributed by atoms with Gasteiger partial charge in [0.1, 0.15) is 0 Å². The first-order valence-electron chi connectivity index (χ1n) is 8.05. The number of aromatic nitrogens is 2. The van der Waals surface area contributed by atoms with E-state index in [1.54, 1.807) is 0 Å². The average molecular weight is 304 g/mol. The molecule has 0 bridgehead atoms. The van der Waals surface area contributed by atoms with Gasteiger partial charge in [-0.15, -0.1) is 0 Å². The molecular formula is C16H26N5O+. The smallest absolute Gasteiger partial charge is 0.292 e. The molecule has 1 saturated heterocycles. The Bertz CT molecular complexity index is 608. The number of piperidine rings is 1. The van der Waals surface area contributed by atoms with E-state index in [-0.39, 0.29) is 17.0 Å². The molecule has 0 atom stereocenters. The fourth-order valence-electron chi connectivity index (χ4n) is 4.04. The molecule has 1 fully saturated rings. The highest BCUT2D eigenvalue weighted by Gasteiger charge is 2.40. The van der Waals surface area contributed by atoms with Gasteiger partial charge < -0.3 is 5.32 Å². The van der Waals surface area contributed by atoms with Gasteiger partial charge in [0.2, 0.25) is 0 Å². The molecule has 6 heteroatoms. The van der Waals surface area contributed by atoms with Crippen molar-refractivity contribution in [1.29, 1.82) is 0 Å². The molecule has 22 heavy (non-hydrogen) atoms. The largest absolute Gasteiger partial charge is 0.337 e. The first-order chi connectivity index (χ1) is 10.3. The quantitative estimate of drug-likeness (QED) is 0.709. The lowest BCUT2D eigenvalue weighted by Crippen LogP contribution is -3.05. The van der Waals surface area contributed by atoms with Crippen LogP contribution in [0.25, 0.3) is 0 Å². The number of nitrogens with zero attached hydrogens (tertiary/aromatic N) is 2. The van der Waals surface area contributed by atoms with Crippen molar-refractivity contribution in [1.82, 2.24) is 15.6 Å². The van der Waals surface area contributed by atoms with Crippen molar-refractivity contribution < 1.29 is 10.1 Å². The van der Waals surface area contributed by atoms with E-state index in [1.165, 1.54) is 0 Å². The third kappa shape index (κ3) is 3.06. The zero-order chi connectivity index (χ0) is 16.0. The number of aromatic amines is 1. The molecule has 0 saturated carbocycles. The summed E-state index contributed by atoms with van der Waals surface area (Å²) < 4.78 is 0. The molecule has 0 radical (unpaired) electrons. The van der Waals surface area contributed by atoms with Crippen LogP contribution in [0, 0.1) is 0 Å². The van der Waals surface area contributed by atoms with E-state index in [2.05, 4.69) is 53.7 Å². The van der Waals surface area contributed by atoms with E-state index in [9.17, 15) is 4.79 Å². The standard InChI is InChI=1S/C16H25N5O/c1-15(2)8-10(9-16(3,4)21-15)17-20-14(22)13-11-6-5-7-12(11)18-19-13/h21H,5-9H2,1-4H3,(H,18,19)(H,20,22)/p+1. The molecule has 120 valence electrons. The van der Waals surface area contributed by atoms with Gasteiger partial charge in [-0.1, -0.05) is 0 Å². The van der Waals surface area contributed by atoms with Crippen LogP contribution in [0.1, 0.15) is 68.7 Å². The average Bonchev–Trinajstić information content (AvgIpc) is 2.94. The van der Waals surface area contributed by atoms with Crippen LogP contribution in [0.15, 0.2) is 5.10 Å². The zero-order valence-electron chi connectivity index (χ0n) is 13.9. The van der Waals surface area contributed by atoms with Gasteiger partial charge in [0.15, 0.2) is 5.69 Å². The molecule has 0 aromatic carbocycles. The van der Waals surface area contributed by atoms with E-state index >= 15 is 0 Å². The second-order valence-electron chi connectivity index (χ2n) is 7.98. The van der Waals surface area contributed by atoms with Crippen molar-refractivity contribution >= 4 is 11.6 Å². The van der Waals surface area contributed by atoms with Crippen LogP contribution in [0.3, 0.4) is 0 Å². The van der Waals surface area contributed by atoms with E-state index in [0.717, 1.165) is 49.1 Å². The van der Waals surface area contributed by atoms with E-state index in [0.29, 0.717) is 5.69 Å². The van der Waals surface area contributed by atoms with Crippen LogP contribution in [0.2, 0.25) is 0 Å². The van der Waals surface area contributed by atoms with Crippen LogP contribution in [0.4, 0.5) is 0 Å². The summed E-state index contributed by atoms with van der Waals surface area (Å²) in [5, 5.41) is 13.9. The fraction of sp³-hybridized carbons (Fsp3) is 0.688. The number of amides is 1. The summed E-state index contributed by atoms with van der Waals surface area (Å²) in [6, 6.07) is 0. The van der Waals surface area contributed by atoms with Gasteiger partial charge in [-0.25, -0.2) is 5.43 Å². The SMILES string of the molecule is CC1(C)CC(=NNC(=O)c2n[nH]c3c2CCC3)CC(C)(C)[NH2+]1. The number of nitrogens with one attached hydrogen (secondary N) is 2. The first-order valence-corrected chi connectivity index (χ1v) is 8.05. The molecule has 4 N–H and O–H groups in total. The second-order valence-corrected chi connectivity index (χ2v) is 7.98. The van der Waals surface area contributed by atoms with E-state index in [1.807, 2.05) is 0 Å². The maximum absolute atomic E-state index is 12.3. The zero-order valence-corrected chi connectivity index (χ0v) is 13.9. The predicted octanol–water partition coefficient (Wildman–Crippen LogP) is 0.899. The number of nitrogens with two attached hydrogens (primary N) is 1. The number of rotatable bonds is 2. The number of fused-ring (bicyclic) bond motifs is 1. The number of H-pyrrole nitrogens is 1. The maximum Gasteiger partial charge on any atom is 0.292 e. The molecule has 1 aliphatic carbocycles. The minimum Gasteiger partial charge on any atom is -0.337 e. The van der Waals surface area contributed by atoms with Crippen LogP contribution in [-0.4, -0.2) is 32.9 Å². The lowest BCUT2D eigenvalue weighted by atomic mass is 9.81. The molecule has 0 unspecified atom stereocenters. The summed E-state index contributed by atoms with van der Waals surface area (Å²) in [7, 11) is 0. The minimum absolute atomic E-state index is 0.110. The Kier molecular flexibility index (Phi) is 3.59.